The van der Waals surface area contributed by atoms with Gasteiger partial charge in [0.25, 0.3) is 5.69 Å². The van der Waals surface area contributed by atoms with Crippen molar-refractivity contribution in [1.82, 2.24) is 9.13 Å². The first kappa shape index (κ1) is 25.1. The molecule has 8 aromatic rings. The second-order valence-electron chi connectivity index (χ2n) is 10.1. The number of hydrogen-bond donors (Lipinski definition) is 1. The summed E-state index contributed by atoms with van der Waals surface area (Å²) in [5, 5.41) is 15.8. The number of nitrogens with zero attached hydrogens (tertiary/aromatic N) is 3. The zero-order valence-corrected chi connectivity index (χ0v) is 22.6. The van der Waals surface area contributed by atoms with Crippen molar-refractivity contribution < 1.29 is 4.92 Å². The van der Waals surface area contributed by atoms with E-state index in [2.05, 4.69) is 59.2 Å². The van der Waals surface area contributed by atoms with Crippen molar-refractivity contribution in [3.05, 3.63) is 156 Å². The molecule has 6 heteroatoms. The van der Waals surface area contributed by atoms with Gasteiger partial charge >= 0.3 is 0 Å². The molecule has 0 aliphatic rings. The molecule has 0 saturated heterocycles. The third kappa shape index (κ3) is 4.05. The number of hydrogen-bond acceptors (Lipinski definition) is 3. The van der Waals surface area contributed by atoms with Crippen LogP contribution in [0.4, 0.5) is 11.4 Å². The predicted molar refractivity (Wildman–Crippen MR) is 173 cm³/mol. The van der Waals surface area contributed by atoms with Crippen molar-refractivity contribution in [2.24, 2.45) is 0 Å². The molecule has 0 saturated carbocycles. The van der Waals surface area contributed by atoms with Crippen LogP contribution in [0.15, 0.2) is 146 Å². The van der Waals surface area contributed by atoms with Gasteiger partial charge in [-0.05, 0) is 42.5 Å². The first-order valence-corrected chi connectivity index (χ1v) is 13.7. The van der Waals surface area contributed by atoms with Crippen molar-refractivity contribution in [3.63, 3.8) is 0 Å². The standard InChI is InChI=1S/C18H12N2O2.C18H14N2/c21-20(22)17-12-6-10-15-14-9-4-5-11-16(14)19(18(15)17)13-7-2-1-3-8-13;19-16-11-6-10-15-14-9-4-5-12-17(14)20(18(15)16)13-7-2-1-3-8-13/h1-12H;1-12H,19H2. The number of anilines is 1. The molecule has 0 unspecified atom stereocenters. The molecule has 0 fully saturated rings. The molecule has 0 spiro atoms. The van der Waals surface area contributed by atoms with Crippen LogP contribution < -0.4 is 5.73 Å². The summed E-state index contributed by atoms with van der Waals surface area (Å²) in [7, 11) is 0. The molecule has 0 atom stereocenters. The van der Waals surface area contributed by atoms with Crippen LogP contribution in [0.3, 0.4) is 0 Å². The quantitative estimate of drug-likeness (QED) is 0.136. The van der Waals surface area contributed by atoms with Gasteiger partial charge in [0.05, 0.1) is 27.2 Å². The highest BCUT2D eigenvalue weighted by Gasteiger charge is 2.20. The molecule has 6 aromatic carbocycles. The van der Waals surface area contributed by atoms with E-state index >= 15 is 0 Å². The highest BCUT2D eigenvalue weighted by molar-refractivity contribution is 6.13. The number of fused-ring (bicyclic) bond motifs is 6. The predicted octanol–water partition coefficient (Wildman–Crippen LogP) is 9.06. The van der Waals surface area contributed by atoms with Gasteiger partial charge in [-0.1, -0.05) is 97.1 Å². The van der Waals surface area contributed by atoms with Gasteiger partial charge in [-0.3, -0.25) is 10.1 Å². The first-order valence-electron chi connectivity index (χ1n) is 13.7. The Balaban J connectivity index is 0.000000138. The monoisotopic (exact) mass is 546 g/mol. The van der Waals surface area contributed by atoms with E-state index in [9.17, 15) is 10.1 Å². The smallest absolute Gasteiger partial charge is 0.293 e. The molecule has 0 aliphatic heterocycles. The molecular formula is C36H26N4O2. The fraction of sp³-hybridized carbons (Fsp3) is 0. The topological polar surface area (TPSA) is 79.0 Å². The van der Waals surface area contributed by atoms with Gasteiger partial charge < -0.3 is 14.9 Å². The second kappa shape index (κ2) is 10.3. The van der Waals surface area contributed by atoms with Crippen LogP contribution >= 0.6 is 0 Å². The Morgan fingerprint density at radius 3 is 1.45 bits per heavy atom. The molecule has 6 nitrogen and oxygen atoms in total. The van der Waals surface area contributed by atoms with Gasteiger partial charge in [0.2, 0.25) is 0 Å². The Labute approximate surface area is 241 Å². The van der Waals surface area contributed by atoms with Crippen molar-refractivity contribution in [1.29, 1.82) is 0 Å². The Morgan fingerprint density at radius 2 is 0.905 bits per heavy atom. The minimum Gasteiger partial charge on any atom is -0.397 e. The molecule has 0 amide bonds. The average Bonchev–Trinajstić information content (AvgIpc) is 3.56. The number of non-ortho nitro benzene ring substituents is 1. The molecule has 0 radical (unpaired) electrons. The Morgan fingerprint density at radius 1 is 0.476 bits per heavy atom. The lowest BCUT2D eigenvalue weighted by atomic mass is 10.1. The van der Waals surface area contributed by atoms with Crippen molar-refractivity contribution in [2.75, 3.05) is 5.73 Å². The average molecular weight is 547 g/mol. The van der Waals surface area contributed by atoms with Gasteiger partial charge in [-0.2, -0.15) is 0 Å². The molecule has 2 aromatic heterocycles. The van der Waals surface area contributed by atoms with Crippen LogP contribution in [0.1, 0.15) is 0 Å². The molecule has 2 heterocycles. The number of nitrogens with two attached hydrogens (primary N) is 1. The summed E-state index contributed by atoms with van der Waals surface area (Å²) < 4.78 is 4.20. The van der Waals surface area contributed by atoms with E-state index in [1.54, 1.807) is 12.1 Å². The normalized spacial score (nSPS) is 11.1. The van der Waals surface area contributed by atoms with Crippen molar-refractivity contribution >= 4 is 55.0 Å². The fourth-order valence-electron chi connectivity index (χ4n) is 5.88. The zero-order chi connectivity index (χ0) is 28.6. The Kier molecular flexibility index (Phi) is 6.14. The summed E-state index contributed by atoms with van der Waals surface area (Å²) in [5.41, 5.74) is 13.1. The Hall–Kier alpha value is -5.88. The van der Waals surface area contributed by atoms with Gasteiger partial charge in [0.15, 0.2) is 0 Å². The minimum absolute atomic E-state index is 0.123. The van der Waals surface area contributed by atoms with Gasteiger partial charge in [-0.25, -0.2) is 0 Å². The van der Waals surface area contributed by atoms with Crippen molar-refractivity contribution in [2.45, 2.75) is 0 Å². The van der Waals surface area contributed by atoms with E-state index in [1.165, 1.54) is 16.3 Å². The molecule has 202 valence electrons. The number of nitro groups is 1. The lowest BCUT2D eigenvalue weighted by molar-refractivity contribution is -0.383. The summed E-state index contributed by atoms with van der Waals surface area (Å²) in [6.07, 6.45) is 0. The third-order valence-corrected chi connectivity index (χ3v) is 7.62. The zero-order valence-electron chi connectivity index (χ0n) is 22.6. The summed E-state index contributed by atoms with van der Waals surface area (Å²) >= 11 is 0. The van der Waals surface area contributed by atoms with E-state index in [-0.39, 0.29) is 10.6 Å². The van der Waals surface area contributed by atoms with Gasteiger partial charge in [0.1, 0.15) is 5.52 Å². The van der Waals surface area contributed by atoms with Crippen LogP contribution in [0.25, 0.3) is 55.0 Å². The lowest BCUT2D eigenvalue weighted by Gasteiger charge is -2.08. The molecule has 0 bridgehead atoms. The summed E-state index contributed by atoms with van der Waals surface area (Å²) in [4.78, 5) is 11.1. The SMILES string of the molecule is Nc1cccc2c3ccccc3n(-c3ccccc3)c12.O=[N+]([O-])c1cccc2c3ccccc3n(-c3ccccc3)c12. The lowest BCUT2D eigenvalue weighted by Crippen LogP contribution is -1.97. The maximum absolute atomic E-state index is 11.5. The number of benzene rings is 6. The molecule has 8 rings (SSSR count). The van der Waals surface area contributed by atoms with E-state index in [1.807, 2.05) is 83.4 Å². The Bertz CT molecular complexity index is 2230. The number of nitrogen functional groups attached to an aromatic ring is 1. The summed E-state index contributed by atoms with van der Waals surface area (Å²) in [5.74, 6) is 0. The van der Waals surface area contributed by atoms with Crippen LogP contribution in [-0.2, 0) is 0 Å². The van der Waals surface area contributed by atoms with Gasteiger partial charge in [0, 0.05) is 39.0 Å². The summed E-state index contributed by atoms with van der Waals surface area (Å²) in [6.45, 7) is 0. The van der Waals surface area contributed by atoms with Crippen LogP contribution in [0, 0.1) is 10.1 Å². The van der Waals surface area contributed by atoms with E-state index < -0.39 is 0 Å². The number of aromatic nitrogens is 2. The van der Waals surface area contributed by atoms with Gasteiger partial charge in [-0.15, -0.1) is 0 Å². The van der Waals surface area contributed by atoms with Crippen LogP contribution in [-0.4, -0.2) is 14.1 Å². The van der Waals surface area contributed by atoms with E-state index in [0.717, 1.165) is 38.9 Å². The minimum atomic E-state index is -0.319. The fourth-order valence-corrected chi connectivity index (χ4v) is 5.88. The van der Waals surface area contributed by atoms with E-state index in [0.29, 0.717) is 5.52 Å². The summed E-state index contributed by atoms with van der Waals surface area (Å²) in [6, 6.07) is 47.7. The van der Waals surface area contributed by atoms with Crippen molar-refractivity contribution in [3.8, 4) is 11.4 Å². The number of nitro benzene ring substituents is 1. The van der Waals surface area contributed by atoms with E-state index in [4.69, 9.17) is 5.73 Å². The highest BCUT2D eigenvalue weighted by atomic mass is 16.6. The number of para-hydroxylation sites is 6. The molecule has 0 aliphatic carbocycles. The first-order chi connectivity index (χ1) is 20.6. The number of rotatable bonds is 3. The second-order valence-corrected chi connectivity index (χ2v) is 10.1. The molecule has 42 heavy (non-hydrogen) atoms. The largest absolute Gasteiger partial charge is 0.397 e. The maximum Gasteiger partial charge on any atom is 0.293 e. The molecule has 2 N–H and O–H groups in total. The third-order valence-electron chi connectivity index (χ3n) is 7.62. The maximum atomic E-state index is 11.5. The van der Waals surface area contributed by atoms with Crippen LogP contribution in [0.2, 0.25) is 0 Å². The highest BCUT2D eigenvalue weighted by Crippen LogP contribution is 2.37. The molecular weight excluding hydrogens is 520 g/mol. The van der Waals surface area contributed by atoms with Crippen LogP contribution in [0.5, 0.6) is 0 Å².